The average molecular weight is 238 g/mol. The van der Waals surface area contributed by atoms with Crippen LogP contribution < -0.4 is 4.73 Å². The van der Waals surface area contributed by atoms with Crippen LogP contribution in [0.15, 0.2) is 30.5 Å². The zero-order chi connectivity index (χ0) is 11.7. The number of esters is 1. The minimum Gasteiger partial charge on any atom is -0.618 e. The Bertz CT molecular complexity index is 568. The smallest absolute Gasteiger partial charge is 0.337 e. The third kappa shape index (κ3) is 1.67. The molecular formula is C11H8ClNO3. The summed E-state index contributed by atoms with van der Waals surface area (Å²) in [6, 6.07) is 6.09. The second-order valence-electron chi connectivity index (χ2n) is 3.21. The lowest BCUT2D eigenvalue weighted by Crippen LogP contribution is -2.26. The number of hydrogen-bond acceptors (Lipinski definition) is 3. The quantitative estimate of drug-likeness (QED) is 0.433. The molecule has 2 aromatic rings. The zero-order valence-electron chi connectivity index (χ0n) is 8.44. The van der Waals surface area contributed by atoms with Crippen molar-refractivity contribution in [1.29, 1.82) is 0 Å². The molecule has 0 aliphatic rings. The van der Waals surface area contributed by atoms with E-state index in [4.69, 9.17) is 11.6 Å². The van der Waals surface area contributed by atoms with E-state index in [-0.39, 0.29) is 0 Å². The molecule has 0 atom stereocenters. The molecule has 0 amide bonds. The molecule has 82 valence electrons. The molecule has 0 bridgehead atoms. The number of aromatic nitrogens is 1. The van der Waals surface area contributed by atoms with Gasteiger partial charge in [-0.15, -0.1) is 0 Å². The average Bonchev–Trinajstić information content (AvgIpc) is 2.32. The summed E-state index contributed by atoms with van der Waals surface area (Å²) in [5, 5.41) is 12.4. The number of ether oxygens (including phenoxy) is 1. The first-order chi connectivity index (χ1) is 7.63. The number of carbonyl (C=O) groups is 1. The van der Waals surface area contributed by atoms with Gasteiger partial charge >= 0.3 is 5.97 Å². The number of rotatable bonds is 1. The Balaban J connectivity index is 2.70. The van der Waals surface area contributed by atoms with Crippen molar-refractivity contribution in [3.63, 3.8) is 0 Å². The second-order valence-corrected chi connectivity index (χ2v) is 3.62. The summed E-state index contributed by atoms with van der Waals surface area (Å²) in [5.74, 6) is -0.459. The minimum atomic E-state index is -0.459. The second kappa shape index (κ2) is 3.98. The molecule has 1 aromatic carbocycles. The van der Waals surface area contributed by atoms with Crippen molar-refractivity contribution in [2.45, 2.75) is 0 Å². The topological polar surface area (TPSA) is 53.2 Å². The molecule has 0 spiro atoms. The van der Waals surface area contributed by atoms with Crippen LogP contribution in [0.25, 0.3) is 10.9 Å². The van der Waals surface area contributed by atoms with Gasteiger partial charge in [-0.25, -0.2) is 4.79 Å². The number of methoxy groups -OCH3 is 1. The van der Waals surface area contributed by atoms with Crippen molar-refractivity contribution in [3.8, 4) is 0 Å². The molecule has 0 radical (unpaired) electrons. The highest BCUT2D eigenvalue weighted by Gasteiger charge is 2.12. The van der Waals surface area contributed by atoms with Crippen LogP contribution in [0.4, 0.5) is 0 Å². The fraction of sp³-hybridized carbons (Fsp3) is 0.0909. The van der Waals surface area contributed by atoms with Gasteiger partial charge in [0.15, 0.2) is 6.20 Å². The summed E-state index contributed by atoms with van der Waals surface area (Å²) in [4.78, 5) is 11.3. The molecule has 0 N–H and O–H groups in total. The van der Waals surface area contributed by atoms with E-state index >= 15 is 0 Å². The van der Waals surface area contributed by atoms with Crippen molar-refractivity contribution in [3.05, 3.63) is 46.3 Å². The van der Waals surface area contributed by atoms with Gasteiger partial charge in [0.05, 0.1) is 23.1 Å². The van der Waals surface area contributed by atoms with Crippen LogP contribution in [0.1, 0.15) is 10.4 Å². The van der Waals surface area contributed by atoms with Crippen molar-refractivity contribution in [1.82, 2.24) is 0 Å². The van der Waals surface area contributed by atoms with E-state index < -0.39 is 5.97 Å². The molecule has 0 unspecified atom stereocenters. The molecule has 2 rings (SSSR count). The molecule has 16 heavy (non-hydrogen) atoms. The van der Waals surface area contributed by atoms with Crippen LogP contribution in [-0.2, 0) is 4.74 Å². The van der Waals surface area contributed by atoms with E-state index in [2.05, 4.69) is 4.74 Å². The number of carbonyl (C=O) groups excluding carboxylic acids is 1. The van der Waals surface area contributed by atoms with Gasteiger partial charge < -0.3 is 9.94 Å². The Hall–Kier alpha value is -1.81. The standard InChI is InChI=1S/C11H8ClNO3/c1-16-11(14)7-2-3-10-8(6-7)9(12)4-5-13(10)15/h2-6H,1H3. The highest BCUT2D eigenvalue weighted by atomic mass is 35.5. The van der Waals surface area contributed by atoms with E-state index in [0.717, 1.165) is 0 Å². The largest absolute Gasteiger partial charge is 0.618 e. The SMILES string of the molecule is COC(=O)c1ccc2c(c1)c(Cl)cc[n+]2[O-]. The van der Waals surface area contributed by atoms with Crippen molar-refractivity contribution in [2.24, 2.45) is 0 Å². The summed E-state index contributed by atoms with van der Waals surface area (Å²) < 4.78 is 5.29. The first kappa shape index (κ1) is 10.7. The highest BCUT2D eigenvalue weighted by Crippen LogP contribution is 2.21. The van der Waals surface area contributed by atoms with Gasteiger partial charge in [0, 0.05) is 12.1 Å². The van der Waals surface area contributed by atoms with Crippen molar-refractivity contribution in [2.75, 3.05) is 7.11 Å². The fourth-order valence-electron chi connectivity index (χ4n) is 1.47. The molecule has 4 nitrogen and oxygen atoms in total. The van der Waals surface area contributed by atoms with Crippen LogP contribution in [0.5, 0.6) is 0 Å². The Morgan fingerprint density at radius 3 is 2.88 bits per heavy atom. The van der Waals surface area contributed by atoms with E-state index in [1.807, 2.05) is 0 Å². The molecule has 0 aliphatic carbocycles. The zero-order valence-corrected chi connectivity index (χ0v) is 9.19. The van der Waals surface area contributed by atoms with E-state index in [1.54, 1.807) is 6.07 Å². The van der Waals surface area contributed by atoms with Crippen LogP contribution in [0.2, 0.25) is 5.02 Å². The number of fused-ring (bicyclic) bond motifs is 1. The number of halogens is 1. The maximum absolute atomic E-state index is 11.4. The van der Waals surface area contributed by atoms with Crippen LogP contribution in [0.3, 0.4) is 0 Å². The van der Waals surface area contributed by atoms with Gasteiger partial charge in [-0.3, -0.25) is 0 Å². The maximum atomic E-state index is 11.4. The van der Waals surface area contributed by atoms with Gasteiger partial charge in [0.2, 0.25) is 5.52 Å². The van der Waals surface area contributed by atoms with Crippen molar-refractivity contribution >= 4 is 28.5 Å². The number of pyridine rings is 1. The Morgan fingerprint density at radius 1 is 1.44 bits per heavy atom. The maximum Gasteiger partial charge on any atom is 0.337 e. The van der Waals surface area contributed by atoms with Gasteiger partial charge in [-0.2, -0.15) is 4.73 Å². The summed E-state index contributed by atoms with van der Waals surface area (Å²) in [6.45, 7) is 0. The lowest BCUT2D eigenvalue weighted by molar-refractivity contribution is -0.577. The summed E-state index contributed by atoms with van der Waals surface area (Å²) >= 11 is 5.94. The Labute approximate surface area is 96.6 Å². The summed E-state index contributed by atoms with van der Waals surface area (Å²) in [7, 11) is 1.30. The van der Waals surface area contributed by atoms with Crippen LogP contribution in [0, 0.1) is 5.21 Å². The summed E-state index contributed by atoms with van der Waals surface area (Å²) in [6.07, 6.45) is 1.32. The van der Waals surface area contributed by atoms with E-state index in [1.165, 1.54) is 31.5 Å². The Morgan fingerprint density at radius 2 is 2.19 bits per heavy atom. The lowest BCUT2D eigenvalue weighted by Gasteiger charge is -2.04. The highest BCUT2D eigenvalue weighted by molar-refractivity contribution is 6.35. The van der Waals surface area contributed by atoms with E-state index in [0.29, 0.717) is 26.2 Å². The molecule has 0 fully saturated rings. The third-order valence-corrected chi connectivity index (χ3v) is 2.60. The molecule has 0 saturated carbocycles. The van der Waals surface area contributed by atoms with Gasteiger partial charge in [-0.05, 0) is 12.1 Å². The monoisotopic (exact) mass is 237 g/mol. The fourth-order valence-corrected chi connectivity index (χ4v) is 1.68. The third-order valence-electron chi connectivity index (χ3n) is 2.27. The molecule has 0 aliphatic heterocycles. The minimum absolute atomic E-state index is 0.364. The van der Waals surface area contributed by atoms with Gasteiger partial charge in [0.25, 0.3) is 0 Å². The first-order valence-electron chi connectivity index (χ1n) is 4.53. The molecular weight excluding hydrogens is 230 g/mol. The van der Waals surface area contributed by atoms with Crippen LogP contribution in [-0.4, -0.2) is 13.1 Å². The van der Waals surface area contributed by atoms with Gasteiger partial charge in [-0.1, -0.05) is 11.6 Å². The molecule has 1 heterocycles. The predicted molar refractivity (Wildman–Crippen MR) is 59.3 cm³/mol. The lowest BCUT2D eigenvalue weighted by atomic mass is 10.1. The Kier molecular flexibility index (Phi) is 2.66. The van der Waals surface area contributed by atoms with Crippen molar-refractivity contribution < 1.29 is 14.3 Å². The molecule has 1 aromatic heterocycles. The van der Waals surface area contributed by atoms with E-state index in [9.17, 15) is 10.0 Å². The summed E-state index contributed by atoms with van der Waals surface area (Å²) in [5.41, 5.74) is 0.781. The van der Waals surface area contributed by atoms with Gasteiger partial charge in [0.1, 0.15) is 0 Å². The van der Waals surface area contributed by atoms with Crippen LogP contribution >= 0.6 is 11.6 Å². The number of benzene rings is 1. The predicted octanol–water partition coefficient (Wildman–Crippen LogP) is 1.91. The normalized spacial score (nSPS) is 10.4. The number of hydrogen-bond donors (Lipinski definition) is 0. The molecule has 0 saturated heterocycles. The first-order valence-corrected chi connectivity index (χ1v) is 4.91. The molecule has 5 heteroatoms. The number of nitrogens with zero attached hydrogens (tertiary/aromatic N) is 1.